The number of methoxy groups -OCH3 is 1. The molecule has 0 unspecified atom stereocenters. The average Bonchev–Trinajstić information content (AvgIpc) is 2.41. The summed E-state index contributed by atoms with van der Waals surface area (Å²) < 4.78 is 5.12. The van der Waals surface area contributed by atoms with Crippen molar-refractivity contribution in [3.63, 3.8) is 0 Å². The first-order chi connectivity index (χ1) is 9.19. The number of aromatic nitrogens is 1. The van der Waals surface area contributed by atoms with Crippen molar-refractivity contribution in [2.24, 2.45) is 0 Å². The van der Waals surface area contributed by atoms with Gasteiger partial charge in [0.2, 0.25) is 5.88 Å². The second-order valence-electron chi connectivity index (χ2n) is 4.54. The van der Waals surface area contributed by atoms with Crippen molar-refractivity contribution in [3.8, 4) is 5.88 Å². The lowest BCUT2D eigenvalue weighted by Gasteiger charge is -2.17. The van der Waals surface area contributed by atoms with E-state index in [2.05, 4.69) is 9.88 Å². The van der Waals surface area contributed by atoms with Crippen LogP contribution in [0.2, 0.25) is 0 Å². The first kappa shape index (κ1) is 13.4. The summed E-state index contributed by atoms with van der Waals surface area (Å²) in [5.74, 6) is 0.644. The minimum absolute atomic E-state index is 0.644. The number of nitrogens with two attached hydrogens (primary N) is 1. The molecule has 0 atom stereocenters. The van der Waals surface area contributed by atoms with Crippen LogP contribution in [0.5, 0.6) is 5.88 Å². The van der Waals surface area contributed by atoms with Gasteiger partial charge in [-0.25, -0.2) is 4.98 Å². The third-order valence-electron chi connectivity index (χ3n) is 2.92. The monoisotopic (exact) mass is 257 g/mol. The highest BCUT2D eigenvalue weighted by molar-refractivity contribution is 5.46. The lowest BCUT2D eigenvalue weighted by Crippen LogP contribution is -2.18. The van der Waals surface area contributed by atoms with Crippen molar-refractivity contribution in [1.29, 1.82) is 0 Å². The van der Waals surface area contributed by atoms with Crippen molar-refractivity contribution in [2.75, 3.05) is 19.9 Å². The minimum Gasteiger partial charge on any atom is -0.481 e. The molecule has 1 aromatic heterocycles. The molecule has 19 heavy (non-hydrogen) atoms. The predicted octanol–water partition coefficient (Wildman–Crippen LogP) is 2.30. The molecule has 2 rings (SSSR count). The number of nitrogens with zero attached hydrogens (tertiary/aromatic N) is 2. The van der Waals surface area contributed by atoms with Crippen LogP contribution in [-0.4, -0.2) is 24.0 Å². The van der Waals surface area contributed by atoms with E-state index in [0.717, 1.165) is 30.0 Å². The van der Waals surface area contributed by atoms with Gasteiger partial charge in [-0.2, -0.15) is 0 Å². The molecular weight excluding hydrogens is 238 g/mol. The zero-order valence-corrected chi connectivity index (χ0v) is 11.3. The van der Waals surface area contributed by atoms with Gasteiger partial charge in [0.15, 0.2) is 0 Å². The number of pyridine rings is 1. The molecule has 0 aliphatic rings. The number of anilines is 1. The van der Waals surface area contributed by atoms with Gasteiger partial charge in [0.25, 0.3) is 0 Å². The van der Waals surface area contributed by atoms with Crippen molar-refractivity contribution in [1.82, 2.24) is 9.88 Å². The van der Waals surface area contributed by atoms with E-state index >= 15 is 0 Å². The van der Waals surface area contributed by atoms with E-state index < -0.39 is 0 Å². The maximum atomic E-state index is 5.95. The van der Waals surface area contributed by atoms with Crippen LogP contribution >= 0.6 is 0 Å². The van der Waals surface area contributed by atoms with Crippen molar-refractivity contribution < 1.29 is 4.74 Å². The smallest absolute Gasteiger partial charge is 0.213 e. The van der Waals surface area contributed by atoms with Crippen molar-refractivity contribution in [2.45, 2.75) is 13.1 Å². The SMILES string of the molecule is COc1cccc(CN(C)Cc2ccccc2N)n1. The predicted molar refractivity (Wildman–Crippen MR) is 76.8 cm³/mol. The van der Waals surface area contributed by atoms with Gasteiger partial charge in [-0.1, -0.05) is 24.3 Å². The maximum absolute atomic E-state index is 5.95. The Balaban J connectivity index is 2.01. The van der Waals surface area contributed by atoms with Gasteiger partial charge in [-0.05, 0) is 24.7 Å². The van der Waals surface area contributed by atoms with Crippen LogP contribution in [-0.2, 0) is 13.1 Å². The normalized spacial score (nSPS) is 10.7. The molecule has 2 aromatic rings. The van der Waals surface area contributed by atoms with Gasteiger partial charge in [-0.15, -0.1) is 0 Å². The van der Waals surface area contributed by atoms with E-state index in [9.17, 15) is 0 Å². The third kappa shape index (κ3) is 3.69. The fourth-order valence-corrected chi connectivity index (χ4v) is 1.96. The number of nitrogen functional groups attached to an aromatic ring is 1. The molecule has 0 saturated carbocycles. The molecule has 0 bridgehead atoms. The van der Waals surface area contributed by atoms with Crippen LogP contribution in [0.3, 0.4) is 0 Å². The summed E-state index contributed by atoms with van der Waals surface area (Å²) in [5.41, 5.74) is 8.89. The van der Waals surface area contributed by atoms with Crippen LogP contribution in [0, 0.1) is 0 Å². The number of hydrogen-bond acceptors (Lipinski definition) is 4. The Morgan fingerprint density at radius 2 is 1.89 bits per heavy atom. The molecule has 0 amide bonds. The molecular formula is C15H19N3O. The van der Waals surface area contributed by atoms with Gasteiger partial charge < -0.3 is 10.5 Å². The summed E-state index contributed by atoms with van der Waals surface area (Å²) in [6.45, 7) is 1.55. The Morgan fingerprint density at radius 3 is 2.63 bits per heavy atom. The molecule has 100 valence electrons. The van der Waals surface area contributed by atoms with E-state index in [1.165, 1.54) is 0 Å². The molecule has 4 heteroatoms. The molecule has 1 aromatic carbocycles. The number of ether oxygens (including phenoxy) is 1. The average molecular weight is 257 g/mol. The van der Waals surface area contributed by atoms with Crippen molar-refractivity contribution >= 4 is 5.69 Å². The molecule has 0 saturated heterocycles. The van der Waals surface area contributed by atoms with Crippen LogP contribution in [0.25, 0.3) is 0 Å². The van der Waals surface area contributed by atoms with Gasteiger partial charge in [0.1, 0.15) is 0 Å². The first-order valence-corrected chi connectivity index (χ1v) is 6.21. The van der Waals surface area contributed by atoms with Crippen LogP contribution in [0.4, 0.5) is 5.69 Å². The Kier molecular flexibility index (Phi) is 4.36. The van der Waals surface area contributed by atoms with E-state index in [4.69, 9.17) is 10.5 Å². The zero-order valence-electron chi connectivity index (χ0n) is 11.3. The van der Waals surface area contributed by atoms with E-state index in [-0.39, 0.29) is 0 Å². The Bertz CT molecular complexity index is 542. The molecule has 0 aliphatic heterocycles. The molecule has 0 radical (unpaired) electrons. The number of hydrogen-bond donors (Lipinski definition) is 1. The Labute approximate surface area is 113 Å². The number of rotatable bonds is 5. The largest absolute Gasteiger partial charge is 0.481 e. The lowest BCUT2D eigenvalue weighted by atomic mass is 10.1. The summed E-state index contributed by atoms with van der Waals surface area (Å²) in [5, 5.41) is 0. The second-order valence-corrected chi connectivity index (χ2v) is 4.54. The molecule has 0 spiro atoms. The summed E-state index contributed by atoms with van der Waals surface area (Å²) in [6.07, 6.45) is 0. The quantitative estimate of drug-likeness (QED) is 0.835. The molecule has 0 fully saturated rings. The van der Waals surface area contributed by atoms with E-state index in [1.54, 1.807) is 7.11 Å². The van der Waals surface area contributed by atoms with Crippen LogP contribution < -0.4 is 10.5 Å². The van der Waals surface area contributed by atoms with E-state index in [0.29, 0.717) is 5.88 Å². The summed E-state index contributed by atoms with van der Waals surface area (Å²) in [6, 6.07) is 13.7. The number of para-hydroxylation sites is 1. The minimum atomic E-state index is 0.644. The van der Waals surface area contributed by atoms with Gasteiger partial charge >= 0.3 is 0 Å². The standard InChI is InChI=1S/C15H19N3O/c1-18(10-12-6-3-4-8-14(12)16)11-13-7-5-9-15(17-13)19-2/h3-9H,10-11,16H2,1-2H3. The highest BCUT2D eigenvalue weighted by atomic mass is 16.5. The molecule has 4 nitrogen and oxygen atoms in total. The second kappa shape index (κ2) is 6.20. The van der Waals surface area contributed by atoms with Crippen LogP contribution in [0.15, 0.2) is 42.5 Å². The fraction of sp³-hybridized carbons (Fsp3) is 0.267. The topological polar surface area (TPSA) is 51.4 Å². The lowest BCUT2D eigenvalue weighted by molar-refractivity contribution is 0.312. The van der Waals surface area contributed by atoms with Gasteiger partial charge in [0.05, 0.1) is 12.8 Å². The highest BCUT2D eigenvalue weighted by Gasteiger charge is 2.05. The Hall–Kier alpha value is -2.07. The third-order valence-corrected chi connectivity index (χ3v) is 2.92. The van der Waals surface area contributed by atoms with Gasteiger partial charge in [-0.3, -0.25) is 4.90 Å². The zero-order chi connectivity index (χ0) is 13.7. The molecule has 2 N–H and O–H groups in total. The van der Waals surface area contributed by atoms with Crippen LogP contribution in [0.1, 0.15) is 11.3 Å². The summed E-state index contributed by atoms with van der Waals surface area (Å²) in [7, 11) is 3.67. The molecule has 1 heterocycles. The highest BCUT2D eigenvalue weighted by Crippen LogP contribution is 2.14. The Morgan fingerprint density at radius 1 is 1.11 bits per heavy atom. The molecule has 0 aliphatic carbocycles. The fourth-order valence-electron chi connectivity index (χ4n) is 1.96. The van der Waals surface area contributed by atoms with Gasteiger partial charge in [0, 0.05) is 24.8 Å². The maximum Gasteiger partial charge on any atom is 0.213 e. The summed E-state index contributed by atoms with van der Waals surface area (Å²) in [4.78, 5) is 6.57. The van der Waals surface area contributed by atoms with Crippen molar-refractivity contribution in [3.05, 3.63) is 53.7 Å². The van der Waals surface area contributed by atoms with E-state index in [1.807, 2.05) is 49.5 Å². The number of benzene rings is 1. The first-order valence-electron chi connectivity index (χ1n) is 6.21. The summed E-state index contributed by atoms with van der Waals surface area (Å²) >= 11 is 0.